The van der Waals surface area contributed by atoms with Crippen molar-refractivity contribution >= 4 is 5.78 Å². The predicted molar refractivity (Wildman–Crippen MR) is 107 cm³/mol. The van der Waals surface area contributed by atoms with Gasteiger partial charge in [-0.15, -0.1) is 0 Å². The van der Waals surface area contributed by atoms with Crippen molar-refractivity contribution in [3.05, 3.63) is 83.6 Å². The summed E-state index contributed by atoms with van der Waals surface area (Å²) in [7, 11) is 0. The second-order valence-electron chi connectivity index (χ2n) is 7.76. The molecule has 0 amide bonds. The number of aliphatic hydroxyl groups is 1. The van der Waals surface area contributed by atoms with Crippen molar-refractivity contribution in [2.45, 2.75) is 46.3 Å². The quantitative estimate of drug-likeness (QED) is 0.551. The Kier molecular flexibility index (Phi) is 6.76. The number of hydrogen-bond donors (Lipinski definition) is 2. The minimum atomic E-state index is -0.548. The fraction of sp³-hybridized carbons (Fsp3) is 0.348. The van der Waals surface area contributed by atoms with Gasteiger partial charge in [-0.05, 0) is 17.9 Å². The average Bonchev–Trinajstić information content (AvgIpc) is 2.62. The van der Waals surface area contributed by atoms with Crippen molar-refractivity contribution < 1.29 is 9.90 Å². The van der Waals surface area contributed by atoms with Gasteiger partial charge in [0, 0.05) is 29.8 Å². The molecule has 26 heavy (non-hydrogen) atoms. The van der Waals surface area contributed by atoms with Crippen LogP contribution >= 0.6 is 0 Å². The third kappa shape index (κ3) is 5.85. The molecule has 138 valence electrons. The lowest BCUT2D eigenvalue weighted by Crippen LogP contribution is -2.30. The van der Waals surface area contributed by atoms with Crippen LogP contribution in [-0.4, -0.2) is 17.0 Å². The Bertz CT molecular complexity index is 730. The first-order valence-corrected chi connectivity index (χ1v) is 9.07. The summed E-state index contributed by atoms with van der Waals surface area (Å²) in [6.45, 7) is 8.04. The lowest BCUT2D eigenvalue weighted by atomic mass is 9.86. The van der Waals surface area contributed by atoms with Gasteiger partial charge in [-0.2, -0.15) is 0 Å². The first-order chi connectivity index (χ1) is 12.3. The van der Waals surface area contributed by atoms with Crippen molar-refractivity contribution in [3.8, 4) is 0 Å². The van der Waals surface area contributed by atoms with Crippen LogP contribution in [0.2, 0.25) is 0 Å². The zero-order chi connectivity index (χ0) is 19.2. The third-order valence-corrected chi connectivity index (χ3v) is 4.48. The highest BCUT2D eigenvalue weighted by atomic mass is 16.3. The molecule has 0 saturated heterocycles. The number of carbonyl (C=O) groups excluding carboxylic acids is 1. The van der Waals surface area contributed by atoms with Gasteiger partial charge in [0.05, 0.1) is 6.10 Å². The van der Waals surface area contributed by atoms with Crippen molar-refractivity contribution in [1.29, 1.82) is 0 Å². The first-order valence-electron chi connectivity index (χ1n) is 9.07. The van der Waals surface area contributed by atoms with Gasteiger partial charge in [0.2, 0.25) is 0 Å². The summed E-state index contributed by atoms with van der Waals surface area (Å²) in [6.07, 6.45) is 1.47. The molecule has 0 fully saturated rings. The van der Waals surface area contributed by atoms with Crippen LogP contribution in [0, 0.1) is 5.41 Å². The Morgan fingerprint density at radius 1 is 1.04 bits per heavy atom. The van der Waals surface area contributed by atoms with E-state index >= 15 is 0 Å². The van der Waals surface area contributed by atoms with Crippen LogP contribution in [0.25, 0.3) is 0 Å². The molecule has 0 aliphatic heterocycles. The molecule has 0 spiro atoms. The highest BCUT2D eigenvalue weighted by Gasteiger charge is 2.24. The van der Waals surface area contributed by atoms with Crippen LogP contribution in [-0.2, 0) is 0 Å². The van der Waals surface area contributed by atoms with Crippen molar-refractivity contribution in [1.82, 2.24) is 5.32 Å². The van der Waals surface area contributed by atoms with Crippen LogP contribution in [0.1, 0.15) is 56.1 Å². The Morgan fingerprint density at radius 3 is 2.12 bits per heavy atom. The smallest absolute Gasteiger partial charge is 0.187 e. The SMILES string of the molecule is C[C@@H](N/C(=C/C(=O)c1ccccc1)C[C@H](O)C(C)(C)C)c1ccccc1. The van der Waals surface area contributed by atoms with Crippen LogP contribution in [0.5, 0.6) is 0 Å². The van der Waals surface area contributed by atoms with Gasteiger partial charge in [0.1, 0.15) is 0 Å². The molecule has 2 aromatic carbocycles. The number of nitrogens with one attached hydrogen (secondary N) is 1. The summed E-state index contributed by atoms with van der Waals surface area (Å²) >= 11 is 0. The van der Waals surface area contributed by atoms with E-state index in [1.807, 2.05) is 57.2 Å². The molecule has 0 aliphatic carbocycles. The van der Waals surface area contributed by atoms with E-state index in [1.54, 1.807) is 18.2 Å². The highest BCUT2D eigenvalue weighted by Crippen LogP contribution is 2.25. The zero-order valence-electron chi connectivity index (χ0n) is 16.1. The summed E-state index contributed by atoms with van der Waals surface area (Å²) in [6, 6.07) is 19.3. The molecule has 3 heteroatoms. The van der Waals surface area contributed by atoms with E-state index in [0.29, 0.717) is 12.0 Å². The minimum Gasteiger partial charge on any atom is -0.392 e. The summed E-state index contributed by atoms with van der Waals surface area (Å²) in [4.78, 5) is 12.6. The van der Waals surface area contributed by atoms with E-state index in [9.17, 15) is 9.90 Å². The van der Waals surface area contributed by atoms with E-state index < -0.39 is 6.10 Å². The van der Waals surface area contributed by atoms with E-state index in [1.165, 1.54) is 0 Å². The third-order valence-electron chi connectivity index (χ3n) is 4.48. The molecule has 0 heterocycles. The maximum absolute atomic E-state index is 12.6. The molecule has 2 N–H and O–H groups in total. The van der Waals surface area contributed by atoms with Gasteiger partial charge < -0.3 is 10.4 Å². The molecule has 0 saturated carbocycles. The van der Waals surface area contributed by atoms with E-state index in [4.69, 9.17) is 0 Å². The number of benzene rings is 2. The zero-order valence-corrected chi connectivity index (χ0v) is 16.1. The Balaban J connectivity index is 2.23. The fourth-order valence-electron chi connectivity index (χ4n) is 2.62. The Labute approximate surface area is 156 Å². The van der Waals surface area contributed by atoms with Gasteiger partial charge in [0.15, 0.2) is 5.78 Å². The standard InChI is InChI=1S/C23H29NO2/c1-17(18-11-7-5-8-12-18)24-20(16-22(26)23(2,3)4)15-21(25)19-13-9-6-10-14-19/h5-15,17,22,24,26H,16H2,1-4H3/b20-15+/t17-,22+/m1/s1. The van der Waals surface area contributed by atoms with E-state index in [-0.39, 0.29) is 17.2 Å². The largest absolute Gasteiger partial charge is 0.392 e. The number of rotatable bonds is 7. The molecule has 2 atom stereocenters. The molecule has 2 rings (SSSR count). The van der Waals surface area contributed by atoms with Crippen LogP contribution in [0.4, 0.5) is 0 Å². The Morgan fingerprint density at radius 2 is 1.58 bits per heavy atom. The molecule has 0 unspecified atom stereocenters. The monoisotopic (exact) mass is 351 g/mol. The van der Waals surface area contributed by atoms with Crippen LogP contribution < -0.4 is 5.32 Å². The summed E-state index contributed by atoms with van der Waals surface area (Å²) in [5.41, 5.74) is 2.27. The number of aliphatic hydroxyl groups excluding tert-OH is 1. The fourth-order valence-corrected chi connectivity index (χ4v) is 2.62. The second kappa shape index (κ2) is 8.81. The molecule has 0 aromatic heterocycles. The van der Waals surface area contributed by atoms with Gasteiger partial charge in [0.25, 0.3) is 0 Å². The molecule has 0 bridgehead atoms. The lowest BCUT2D eigenvalue weighted by Gasteiger charge is -2.28. The summed E-state index contributed by atoms with van der Waals surface area (Å²) in [5, 5.41) is 13.9. The highest BCUT2D eigenvalue weighted by molar-refractivity contribution is 6.04. The average molecular weight is 351 g/mol. The number of carbonyl (C=O) groups is 1. The van der Waals surface area contributed by atoms with Crippen molar-refractivity contribution in [3.63, 3.8) is 0 Å². The molecular weight excluding hydrogens is 322 g/mol. The maximum atomic E-state index is 12.6. The van der Waals surface area contributed by atoms with Gasteiger partial charge in [-0.25, -0.2) is 0 Å². The van der Waals surface area contributed by atoms with E-state index in [2.05, 4.69) is 24.4 Å². The lowest BCUT2D eigenvalue weighted by molar-refractivity contribution is 0.0618. The number of ketones is 1. The molecule has 3 nitrogen and oxygen atoms in total. The van der Waals surface area contributed by atoms with Crippen molar-refractivity contribution in [2.75, 3.05) is 0 Å². The van der Waals surface area contributed by atoms with Crippen LogP contribution in [0.15, 0.2) is 72.4 Å². The summed E-state index contributed by atoms with van der Waals surface area (Å²) in [5.74, 6) is -0.0607. The summed E-state index contributed by atoms with van der Waals surface area (Å²) < 4.78 is 0. The van der Waals surface area contributed by atoms with Gasteiger partial charge >= 0.3 is 0 Å². The molecular formula is C23H29NO2. The molecule has 0 radical (unpaired) electrons. The second-order valence-corrected chi connectivity index (χ2v) is 7.76. The van der Waals surface area contributed by atoms with Gasteiger partial charge in [-0.1, -0.05) is 81.4 Å². The maximum Gasteiger partial charge on any atom is 0.187 e. The number of hydrogen-bond acceptors (Lipinski definition) is 3. The molecule has 2 aromatic rings. The first kappa shape index (κ1) is 19.9. The van der Waals surface area contributed by atoms with E-state index in [0.717, 1.165) is 11.3 Å². The normalized spacial score (nSPS) is 14.6. The van der Waals surface area contributed by atoms with Crippen molar-refractivity contribution in [2.24, 2.45) is 5.41 Å². The predicted octanol–water partition coefficient (Wildman–Crippen LogP) is 4.90. The Hall–Kier alpha value is -2.39. The van der Waals surface area contributed by atoms with Gasteiger partial charge in [-0.3, -0.25) is 4.79 Å². The molecule has 0 aliphatic rings. The van der Waals surface area contributed by atoms with Crippen LogP contribution in [0.3, 0.4) is 0 Å². The number of allylic oxidation sites excluding steroid dienone is 1. The topological polar surface area (TPSA) is 49.3 Å². The minimum absolute atomic E-state index is 0.0400.